The van der Waals surface area contributed by atoms with Crippen molar-refractivity contribution in [3.8, 4) is 0 Å². The van der Waals surface area contributed by atoms with E-state index in [0.29, 0.717) is 6.04 Å². The molecule has 0 aliphatic heterocycles. The second-order valence-corrected chi connectivity index (χ2v) is 4.11. The summed E-state index contributed by atoms with van der Waals surface area (Å²) in [5.74, 6) is 2.70. The van der Waals surface area contributed by atoms with Crippen molar-refractivity contribution in [3.63, 3.8) is 0 Å². The maximum Gasteiger partial charge on any atom is 0.242 e. The summed E-state index contributed by atoms with van der Waals surface area (Å²) in [6.45, 7) is 0. The number of fused-ring (bicyclic) bond motifs is 1. The summed E-state index contributed by atoms with van der Waals surface area (Å²) in [5.41, 5.74) is 0. The molecule has 3 rings (SSSR count). The lowest BCUT2D eigenvalue weighted by Crippen LogP contribution is -2.21. The van der Waals surface area contributed by atoms with Crippen LogP contribution in [0, 0.1) is 11.8 Å². The molecule has 1 heterocycles. The van der Waals surface area contributed by atoms with Crippen LogP contribution in [-0.2, 0) is 7.05 Å². The van der Waals surface area contributed by atoms with Gasteiger partial charge in [0.1, 0.15) is 0 Å². The van der Waals surface area contributed by atoms with Crippen LogP contribution in [0.15, 0.2) is 0 Å². The SMILES string of the molecule is Cn1nnnc1NC1CCC2CC21. The highest BCUT2D eigenvalue weighted by Crippen LogP contribution is 2.52. The van der Waals surface area contributed by atoms with Gasteiger partial charge in [0.05, 0.1) is 0 Å². The lowest BCUT2D eigenvalue weighted by atomic mass is 10.2. The molecule has 1 aromatic rings. The largest absolute Gasteiger partial charge is 0.350 e. The molecule has 3 atom stereocenters. The Kier molecular flexibility index (Phi) is 1.36. The molecule has 70 valence electrons. The van der Waals surface area contributed by atoms with Crippen LogP contribution in [-0.4, -0.2) is 26.2 Å². The van der Waals surface area contributed by atoms with Crippen molar-refractivity contribution in [2.75, 3.05) is 5.32 Å². The summed E-state index contributed by atoms with van der Waals surface area (Å²) in [6.07, 6.45) is 4.07. The van der Waals surface area contributed by atoms with Crippen molar-refractivity contribution in [3.05, 3.63) is 0 Å². The Balaban J connectivity index is 1.72. The smallest absolute Gasteiger partial charge is 0.242 e. The molecule has 5 nitrogen and oxygen atoms in total. The average molecular weight is 179 g/mol. The zero-order valence-corrected chi connectivity index (χ0v) is 7.64. The van der Waals surface area contributed by atoms with E-state index in [0.717, 1.165) is 17.8 Å². The molecule has 0 bridgehead atoms. The molecule has 0 amide bonds. The summed E-state index contributed by atoms with van der Waals surface area (Å²) in [6, 6.07) is 0.620. The lowest BCUT2D eigenvalue weighted by Gasteiger charge is -2.12. The van der Waals surface area contributed by atoms with E-state index in [-0.39, 0.29) is 0 Å². The van der Waals surface area contributed by atoms with Crippen molar-refractivity contribution >= 4 is 5.95 Å². The summed E-state index contributed by atoms with van der Waals surface area (Å²) in [7, 11) is 1.86. The minimum absolute atomic E-state index is 0.620. The van der Waals surface area contributed by atoms with Gasteiger partial charge in [0.2, 0.25) is 5.95 Å². The van der Waals surface area contributed by atoms with Gasteiger partial charge in [0.25, 0.3) is 0 Å². The third-order valence-electron chi connectivity index (χ3n) is 3.28. The first-order valence-corrected chi connectivity index (χ1v) is 4.83. The standard InChI is InChI=1S/C8H13N5/c1-13-8(10-11-12-13)9-7-3-2-5-4-6(5)7/h5-7H,2-4H2,1H3,(H,9,10,12). The van der Waals surface area contributed by atoms with Gasteiger partial charge >= 0.3 is 0 Å². The number of tetrazole rings is 1. The molecular weight excluding hydrogens is 166 g/mol. The fourth-order valence-corrected chi connectivity index (χ4v) is 2.40. The Morgan fingerprint density at radius 3 is 2.92 bits per heavy atom. The van der Waals surface area contributed by atoms with Crippen molar-refractivity contribution in [1.29, 1.82) is 0 Å². The number of aromatic nitrogens is 4. The van der Waals surface area contributed by atoms with Crippen LogP contribution in [0.3, 0.4) is 0 Å². The minimum atomic E-state index is 0.620. The number of nitrogens with zero attached hydrogens (tertiary/aromatic N) is 4. The highest BCUT2D eigenvalue weighted by atomic mass is 15.6. The molecule has 0 radical (unpaired) electrons. The van der Waals surface area contributed by atoms with Gasteiger partial charge in [-0.3, -0.25) is 0 Å². The molecule has 2 fully saturated rings. The minimum Gasteiger partial charge on any atom is -0.350 e. The molecule has 0 aromatic carbocycles. The first-order valence-electron chi connectivity index (χ1n) is 4.83. The summed E-state index contributed by atoms with van der Waals surface area (Å²) < 4.78 is 1.69. The number of hydrogen-bond acceptors (Lipinski definition) is 4. The third kappa shape index (κ3) is 1.10. The van der Waals surface area contributed by atoms with Gasteiger partial charge in [-0.15, -0.1) is 0 Å². The van der Waals surface area contributed by atoms with Gasteiger partial charge in [-0.1, -0.05) is 5.10 Å². The molecule has 2 aliphatic rings. The quantitative estimate of drug-likeness (QED) is 0.715. The molecule has 3 unspecified atom stereocenters. The van der Waals surface area contributed by atoms with Crippen LogP contribution in [0.2, 0.25) is 0 Å². The number of anilines is 1. The van der Waals surface area contributed by atoms with E-state index in [9.17, 15) is 0 Å². The van der Waals surface area contributed by atoms with Crippen LogP contribution in [0.1, 0.15) is 19.3 Å². The second-order valence-electron chi connectivity index (χ2n) is 4.11. The normalized spacial score (nSPS) is 35.9. The van der Waals surface area contributed by atoms with Crippen LogP contribution in [0.5, 0.6) is 0 Å². The third-order valence-corrected chi connectivity index (χ3v) is 3.28. The fraction of sp³-hybridized carbons (Fsp3) is 0.875. The summed E-state index contributed by atoms with van der Waals surface area (Å²) in [5, 5.41) is 14.7. The number of hydrogen-bond donors (Lipinski definition) is 1. The maximum absolute atomic E-state index is 3.92. The van der Waals surface area contributed by atoms with Crippen LogP contribution in [0.4, 0.5) is 5.95 Å². The highest BCUT2D eigenvalue weighted by Gasteiger charge is 2.48. The molecule has 13 heavy (non-hydrogen) atoms. The zero-order valence-electron chi connectivity index (χ0n) is 7.64. The highest BCUT2D eigenvalue weighted by molar-refractivity contribution is 5.26. The Hall–Kier alpha value is -1.13. The Bertz CT molecular complexity index is 320. The van der Waals surface area contributed by atoms with Crippen LogP contribution in [0.25, 0.3) is 0 Å². The molecule has 0 saturated heterocycles. The molecule has 0 spiro atoms. The van der Waals surface area contributed by atoms with Crippen molar-refractivity contribution in [2.24, 2.45) is 18.9 Å². The molecule has 2 aliphatic carbocycles. The first-order chi connectivity index (χ1) is 6.34. The topological polar surface area (TPSA) is 55.6 Å². The van der Waals surface area contributed by atoms with E-state index in [1.54, 1.807) is 4.68 Å². The predicted molar refractivity (Wildman–Crippen MR) is 47.0 cm³/mol. The van der Waals surface area contributed by atoms with E-state index in [2.05, 4.69) is 20.8 Å². The van der Waals surface area contributed by atoms with E-state index >= 15 is 0 Å². The van der Waals surface area contributed by atoms with Gasteiger partial charge in [0.15, 0.2) is 0 Å². The fourth-order valence-electron chi connectivity index (χ4n) is 2.40. The Labute approximate surface area is 76.5 Å². The number of rotatable bonds is 2. The van der Waals surface area contributed by atoms with E-state index < -0.39 is 0 Å². The van der Waals surface area contributed by atoms with Crippen molar-refractivity contribution < 1.29 is 0 Å². The molecule has 5 heteroatoms. The molecule has 1 N–H and O–H groups in total. The molecular formula is C8H13N5. The number of aryl methyl sites for hydroxylation is 1. The van der Waals surface area contributed by atoms with E-state index in [1.165, 1.54) is 19.3 Å². The van der Waals surface area contributed by atoms with Crippen LogP contribution < -0.4 is 5.32 Å². The van der Waals surface area contributed by atoms with Gasteiger partial charge < -0.3 is 5.32 Å². The van der Waals surface area contributed by atoms with Crippen molar-refractivity contribution in [2.45, 2.75) is 25.3 Å². The monoisotopic (exact) mass is 179 g/mol. The van der Waals surface area contributed by atoms with Gasteiger partial charge in [0, 0.05) is 13.1 Å². The van der Waals surface area contributed by atoms with Gasteiger partial charge in [-0.2, -0.15) is 0 Å². The average Bonchev–Trinajstić information content (AvgIpc) is 2.65. The first kappa shape index (κ1) is 7.29. The summed E-state index contributed by atoms with van der Waals surface area (Å²) >= 11 is 0. The Morgan fingerprint density at radius 1 is 1.46 bits per heavy atom. The van der Waals surface area contributed by atoms with E-state index in [1.807, 2.05) is 7.05 Å². The summed E-state index contributed by atoms with van der Waals surface area (Å²) in [4.78, 5) is 0. The molecule has 2 saturated carbocycles. The van der Waals surface area contributed by atoms with Gasteiger partial charge in [-0.25, -0.2) is 4.68 Å². The van der Waals surface area contributed by atoms with Crippen LogP contribution >= 0.6 is 0 Å². The van der Waals surface area contributed by atoms with Gasteiger partial charge in [-0.05, 0) is 41.5 Å². The maximum atomic E-state index is 3.92. The molecule has 1 aromatic heterocycles. The Morgan fingerprint density at radius 2 is 2.38 bits per heavy atom. The second kappa shape index (κ2) is 2.43. The predicted octanol–water partition coefficient (Wildman–Crippen LogP) is 0.420. The van der Waals surface area contributed by atoms with Crippen molar-refractivity contribution in [1.82, 2.24) is 20.2 Å². The zero-order chi connectivity index (χ0) is 8.84. The van der Waals surface area contributed by atoms with E-state index in [4.69, 9.17) is 0 Å². The lowest BCUT2D eigenvalue weighted by molar-refractivity contribution is 0.635. The number of nitrogens with one attached hydrogen (secondary N) is 1.